The quantitative estimate of drug-likeness (QED) is 0.900. The number of aryl methyl sites for hydroxylation is 2. The Hall–Kier alpha value is -0.680. The molecule has 0 spiro atoms. The Labute approximate surface area is 104 Å². The van der Waals surface area contributed by atoms with Crippen LogP contribution in [0.2, 0.25) is 0 Å². The third-order valence-corrected chi connectivity index (χ3v) is 3.58. The Morgan fingerprint density at radius 2 is 2.19 bits per heavy atom. The van der Waals surface area contributed by atoms with E-state index in [1.807, 2.05) is 13.8 Å². The van der Waals surface area contributed by atoms with Gasteiger partial charge in [-0.05, 0) is 36.2 Å². The van der Waals surface area contributed by atoms with Crippen molar-refractivity contribution >= 4 is 21.7 Å². The summed E-state index contributed by atoms with van der Waals surface area (Å²) in [5.74, 6) is -0.155. The fraction of sp³-hybridized carbons (Fsp3) is 0.636. The van der Waals surface area contributed by atoms with E-state index in [4.69, 9.17) is 0 Å². The van der Waals surface area contributed by atoms with E-state index in [1.165, 1.54) is 0 Å². The minimum Gasteiger partial charge on any atom is -0.385 e. The summed E-state index contributed by atoms with van der Waals surface area (Å²) >= 11 is 3.42. The van der Waals surface area contributed by atoms with Crippen LogP contribution >= 0.6 is 15.9 Å². The van der Waals surface area contributed by atoms with Crippen LogP contribution in [0.1, 0.15) is 31.7 Å². The number of carbonyl (C=O) groups is 1. The van der Waals surface area contributed by atoms with Crippen molar-refractivity contribution in [2.75, 3.05) is 0 Å². The molecule has 1 aromatic rings. The van der Waals surface area contributed by atoms with Crippen LogP contribution in [0.5, 0.6) is 0 Å². The number of rotatable bonds is 5. The van der Waals surface area contributed by atoms with Gasteiger partial charge in [-0.3, -0.25) is 9.48 Å². The van der Waals surface area contributed by atoms with E-state index in [0.717, 1.165) is 22.4 Å². The third kappa shape index (κ3) is 2.71. The lowest BCUT2D eigenvalue weighted by Gasteiger charge is -2.08. The van der Waals surface area contributed by atoms with Gasteiger partial charge in [-0.2, -0.15) is 5.10 Å². The zero-order chi connectivity index (χ0) is 12.3. The minimum absolute atomic E-state index is 0.155. The highest BCUT2D eigenvalue weighted by Crippen LogP contribution is 2.22. The number of carbonyl (C=O) groups excluding carboxylic acids is 1. The molecule has 0 radical (unpaired) electrons. The Bertz CT molecular complexity index is 388. The van der Waals surface area contributed by atoms with E-state index < -0.39 is 6.10 Å². The lowest BCUT2D eigenvalue weighted by atomic mass is 10.1. The second-order valence-electron chi connectivity index (χ2n) is 3.73. The number of Topliss-reactive ketones (excluding diaryl/α,β-unsaturated/α-hetero) is 1. The maximum atomic E-state index is 11.7. The van der Waals surface area contributed by atoms with Gasteiger partial charge in [0.2, 0.25) is 0 Å². The second kappa shape index (κ2) is 5.59. The van der Waals surface area contributed by atoms with E-state index in [0.29, 0.717) is 6.42 Å². The molecule has 1 rings (SSSR count). The molecule has 1 aromatic heterocycles. The highest BCUT2D eigenvalue weighted by atomic mass is 79.9. The summed E-state index contributed by atoms with van der Waals surface area (Å²) in [5.41, 5.74) is 1.72. The van der Waals surface area contributed by atoms with Gasteiger partial charge in [0.15, 0.2) is 5.78 Å². The van der Waals surface area contributed by atoms with Gasteiger partial charge in [0.1, 0.15) is 6.10 Å². The standard InChI is InChI=1S/C11H17BrN2O2/c1-4-9(15)10(16)6-8-11(12)7(3)13-14(8)5-2/h9,15H,4-6H2,1-3H3. The predicted octanol–water partition coefficient (Wildman–Crippen LogP) is 1.86. The molecule has 0 saturated carbocycles. The third-order valence-electron chi connectivity index (χ3n) is 2.55. The van der Waals surface area contributed by atoms with Crippen LogP contribution in [0, 0.1) is 6.92 Å². The van der Waals surface area contributed by atoms with Gasteiger partial charge in [0.05, 0.1) is 22.3 Å². The Balaban J connectivity index is 2.92. The molecule has 0 aliphatic carbocycles. The lowest BCUT2D eigenvalue weighted by Crippen LogP contribution is -2.22. The van der Waals surface area contributed by atoms with Crippen LogP contribution in [0.25, 0.3) is 0 Å². The fourth-order valence-corrected chi connectivity index (χ4v) is 1.97. The van der Waals surface area contributed by atoms with Gasteiger partial charge in [-0.1, -0.05) is 6.92 Å². The number of hydrogen-bond donors (Lipinski definition) is 1. The minimum atomic E-state index is -0.868. The maximum absolute atomic E-state index is 11.7. The van der Waals surface area contributed by atoms with Crippen molar-refractivity contribution in [1.82, 2.24) is 9.78 Å². The van der Waals surface area contributed by atoms with Crippen LogP contribution in [0.4, 0.5) is 0 Å². The van der Waals surface area contributed by atoms with E-state index in [9.17, 15) is 9.90 Å². The van der Waals surface area contributed by atoms with Crippen molar-refractivity contribution in [3.63, 3.8) is 0 Å². The summed E-state index contributed by atoms with van der Waals surface area (Å²) in [7, 11) is 0. The normalized spacial score (nSPS) is 12.8. The summed E-state index contributed by atoms with van der Waals surface area (Å²) in [6.07, 6.45) is -0.188. The number of halogens is 1. The first-order valence-electron chi connectivity index (χ1n) is 5.43. The first-order chi connectivity index (χ1) is 7.51. The molecule has 0 bridgehead atoms. The van der Waals surface area contributed by atoms with E-state index >= 15 is 0 Å². The molecule has 0 aromatic carbocycles. The average molecular weight is 289 g/mol. The molecule has 0 saturated heterocycles. The van der Waals surface area contributed by atoms with Crippen molar-refractivity contribution in [1.29, 1.82) is 0 Å². The van der Waals surface area contributed by atoms with Gasteiger partial charge >= 0.3 is 0 Å². The summed E-state index contributed by atoms with van der Waals surface area (Å²) < 4.78 is 2.66. The Morgan fingerprint density at radius 1 is 1.56 bits per heavy atom. The average Bonchev–Trinajstić information content (AvgIpc) is 2.55. The van der Waals surface area contributed by atoms with Crippen LogP contribution < -0.4 is 0 Å². The Kier molecular flexibility index (Phi) is 4.68. The predicted molar refractivity (Wildman–Crippen MR) is 65.3 cm³/mol. The van der Waals surface area contributed by atoms with E-state index in [-0.39, 0.29) is 12.2 Å². The zero-order valence-electron chi connectivity index (χ0n) is 9.83. The molecule has 16 heavy (non-hydrogen) atoms. The highest BCUT2D eigenvalue weighted by Gasteiger charge is 2.19. The molecule has 90 valence electrons. The summed E-state index contributed by atoms with van der Waals surface area (Å²) in [5, 5.41) is 13.8. The molecule has 4 nitrogen and oxygen atoms in total. The van der Waals surface area contributed by atoms with Gasteiger partial charge in [0.25, 0.3) is 0 Å². The molecular weight excluding hydrogens is 272 g/mol. The van der Waals surface area contributed by atoms with E-state index in [1.54, 1.807) is 11.6 Å². The SMILES string of the molecule is CCC(O)C(=O)Cc1c(Br)c(C)nn1CC. The van der Waals surface area contributed by atoms with Gasteiger partial charge < -0.3 is 5.11 Å². The van der Waals surface area contributed by atoms with Crippen LogP contribution in [0.3, 0.4) is 0 Å². The zero-order valence-corrected chi connectivity index (χ0v) is 11.4. The summed E-state index contributed by atoms with van der Waals surface area (Å²) in [6.45, 7) is 6.38. The summed E-state index contributed by atoms with van der Waals surface area (Å²) in [4.78, 5) is 11.7. The molecule has 1 heterocycles. The molecular formula is C11H17BrN2O2. The number of aromatic nitrogens is 2. The highest BCUT2D eigenvalue weighted by molar-refractivity contribution is 9.10. The van der Waals surface area contributed by atoms with E-state index in [2.05, 4.69) is 21.0 Å². The number of aliphatic hydroxyl groups is 1. The smallest absolute Gasteiger partial charge is 0.167 e. The van der Waals surface area contributed by atoms with Crippen molar-refractivity contribution in [3.8, 4) is 0 Å². The van der Waals surface area contributed by atoms with Crippen LogP contribution in [0.15, 0.2) is 4.47 Å². The topological polar surface area (TPSA) is 55.1 Å². The van der Waals surface area contributed by atoms with Crippen molar-refractivity contribution in [3.05, 3.63) is 15.9 Å². The van der Waals surface area contributed by atoms with Gasteiger partial charge in [-0.15, -0.1) is 0 Å². The number of hydrogen-bond acceptors (Lipinski definition) is 3. The maximum Gasteiger partial charge on any atom is 0.167 e. The van der Waals surface area contributed by atoms with Crippen molar-refractivity contribution in [2.24, 2.45) is 0 Å². The first-order valence-corrected chi connectivity index (χ1v) is 6.23. The number of nitrogens with zero attached hydrogens (tertiary/aromatic N) is 2. The second-order valence-corrected chi connectivity index (χ2v) is 4.52. The molecule has 1 unspecified atom stereocenters. The fourth-order valence-electron chi connectivity index (χ4n) is 1.55. The lowest BCUT2D eigenvalue weighted by molar-refractivity contribution is -0.126. The van der Waals surface area contributed by atoms with Crippen molar-refractivity contribution < 1.29 is 9.90 Å². The molecule has 0 aliphatic rings. The van der Waals surface area contributed by atoms with Gasteiger partial charge in [-0.25, -0.2) is 0 Å². The molecule has 0 fully saturated rings. The molecule has 5 heteroatoms. The molecule has 0 aliphatic heterocycles. The summed E-state index contributed by atoms with van der Waals surface area (Å²) in [6, 6.07) is 0. The number of ketones is 1. The molecule has 1 atom stereocenters. The first kappa shape index (κ1) is 13.4. The molecule has 1 N–H and O–H groups in total. The largest absolute Gasteiger partial charge is 0.385 e. The molecule has 0 amide bonds. The van der Waals surface area contributed by atoms with Gasteiger partial charge in [0, 0.05) is 6.54 Å². The van der Waals surface area contributed by atoms with Crippen molar-refractivity contribution in [2.45, 2.75) is 46.3 Å². The van der Waals surface area contributed by atoms with Crippen LogP contribution in [-0.4, -0.2) is 26.8 Å². The van der Waals surface area contributed by atoms with Crippen LogP contribution in [-0.2, 0) is 17.8 Å². The Morgan fingerprint density at radius 3 is 2.69 bits per heavy atom. The monoisotopic (exact) mass is 288 g/mol. The number of aliphatic hydroxyl groups excluding tert-OH is 1.